The second-order valence-corrected chi connectivity index (χ2v) is 5.17. The van der Waals surface area contributed by atoms with Crippen molar-refractivity contribution in [2.24, 2.45) is 0 Å². The average Bonchev–Trinajstić information content (AvgIpc) is 2.94. The summed E-state index contributed by atoms with van der Waals surface area (Å²) in [4.78, 5) is 0. The molecule has 1 unspecified atom stereocenters. The van der Waals surface area contributed by atoms with Crippen molar-refractivity contribution in [3.8, 4) is 5.75 Å². The van der Waals surface area contributed by atoms with Gasteiger partial charge in [0.15, 0.2) is 11.3 Å². The topological polar surface area (TPSA) is 43.6 Å². The van der Waals surface area contributed by atoms with E-state index < -0.39 is 0 Å². The van der Waals surface area contributed by atoms with Crippen molar-refractivity contribution in [1.29, 1.82) is 0 Å². The van der Waals surface area contributed by atoms with Gasteiger partial charge in [-0.15, -0.1) is 0 Å². The molecule has 1 aromatic heterocycles. The molecule has 0 saturated carbocycles. The van der Waals surface area contributed by atoms with E-state index in [1.54, 1.807) is 7.11 Å². The highest BCUT2D eigenvalue weighted by atomic mass is 16.5. The van der Waals surface area contributed by atoms with E-state index in [1.165, 1.54) is 0 Å². The van der Waals surface area contributed by atoms with Crippen molar-refractivity contribution in [2.75, 3.05) is 26.9 Å². The molecule has 1 atom stereocenters. The van der Waals surface area contributed by atoms with Crippen LogP contribution in [-0.2, 0) is 4.74 Å². The number of ether oxygens (including phenoxy) is 2. The van der Waals surface area contributed by atoms with Crippen LogP contribution in [0.15, 0.2) is 28.7 Å². The smallest absolute Gasteiger partial charge is 0.176 e. The van der Waals surface area contributed by atoms with E-state index in [2.05, 4.69) is 25.2 Å². The van der Waals surface area contributed by atoms with E-state index in [0.717, 1.165) is 55.1 Å². The average molecular weight is 291 g/mol. The molecule has 0 spiro atoms. The summed E-state index contributed by atoms with van der Waals surface area (Å²) in [7, 11) is 1.66. The predicted octanol–water partition coefficient (Wildman–Crippen LogP) is 3.91. The van der Waals surface area contributed by atoms with Gasteiger partial charge in [-0.3, -0.25) is 0 Å². The zero-order valence-corrected chi connectivity index (χ0v) is 13.1. The minimum atomic E-state index is 0.174. The summed E-state index contributed by atoms with van der Waals surface area (Å²) >= 11 is 0. The first-order chi connectivity index (χ1) is 10.3. The Morgan fingerprint density at radius 2 is 2.14 bits per heavy atom. The van der Waals surface area contributed by atoms with Crippen molar-refractivity contribution >= 4 is 11.0 Å². The largest absolute Gasteiger partial charge is 0.493 e. The monoisotopic (exact) mass is 291 g/mol. The van der Waals surface area contributed by atoms with Crippen molar-refractivity contribution in [2.45, 2.75) is 32.7 Å². The maximum atomic E-state index is 5.93. The van der Waals surface area contributed by atoms with Crippen molar-refractivity contribution in [3.63, 3.8) is 0 Å². The molecule has 0 aliphatic heterocycles. The molecule has 4 nitrogen and oxygen atoms in total. The molecule has 21 heavy (non-hydrogen) atoms. The first kappa shape index (κ1) is 15.9. The summed E-state index contributed by atoms with van der Waals surface area (Å²) in [6, 6.07) is 8.18. The van der Waals surface area contributed by atoms with Crippen molar-refractivity contribution in [1.82, 2.24) is 5.32 Å². The normalized spacial score (nSPS) is 12.7. The lowest BCUT2D eigenvalue weighted by Gasteiger charge is -2.11. The van der Waals surface area contributed by atoms with Gasteiger partial charge in [0.1, 0.15) is 5.76 Å². The van der Waals surface area contributed by atoms with Crippen LogP contribution in [0.3, 0.4) is 0 Å². The summed E-state index contributed by atoms with van der Waals surface area (Å²) in [5.41, 5.74) is 0.815. The van der Waals surface area contributed by atoms with E-state index in [1.807, 2.05) is 18.2 Å². The molecule has 2 aromatic rings. The van der Waals surface area contributed by atoms with Gasteiger partial charge < -0.3 is 19.2 Å². The molecule has 0 aliphatic rings. The lowest BCUT2D eigenvalue weighted by Crippen LogP contribution is -2.20. The number of para-hydroxylation sites is 1. The minimum absolute atomic E-state index is 0.174. The van der Waals surface area contributed by atoms with E-state index in [9.17, 15) is 0 Å². The Labute approximate surface area is 126 Å². The Bertz CT molecular complexity index is 550. The molecule has 0 bridgehead atoms. The van der Waals surface area contributed by atoms with Crippen LogP contribution >= 0.6 is 0 Å². The number of methoxy groups -OCH3 is 1. The third kappa shape index (κ3) is 4.22. The molecule has 0 amide bonds. The fourth-order valence-electron chi connectivity index (χ4n) is 2.27. The molecule has 2 rings (SSSR count). The summed E-state index contributed by atoms with van der Waals surface area (Å²) in [6.45, 7) is 6.80. The lowest BCUT2D eigenvalue weighted by atomic mass is 10.2. The Kier molecular flexibility index (Phi) is 6.08. The number of hydrogen-bond acceptors (Lipinski definition) is 4. The first-order valence-electron chi connectivity index (χ1n) is 7.63. The molecule has 0 radical (unpaired) electrons. The van der Waals surface area contributed by atoms with Crippen LogP contribution in [0, 0.1) is 0 Å². The molecular formula is C17H25NO3. The first-order valence-corrected chi connectivity index (χ1v) is 7.63. The highest BCUT2D eigenvalue weighted by Crippen LogP contribution is 2.30. The van der Waals surface area contributed by atoms with E-state index in [4.69, 9.17) is 13.9 Å². The SMILES string of the molecule is CCCOCCCNC(C)c1cc2cccc(OC)c2o1. The van der Waals surface area contributed by atoms with Crippen molar-refractivity contribution in [3.05, 3.63) is 30.0 Å². The fourth-order valence-corrected chi connectivity index (χ4v) is 2.27. The molecular weight excluding hydrogens is 266 g/mol. The maximum Gasteiger partial charge on any atom is 0.176 e. The summed E-state index contributed by atoms with van der Waals surface area (Å²) in [6.07, 6.45) is 2.08. The van der Waals surface area contributed by atoms with Crippen LogP contribution in [0.1, 0.15) is 38.5 Å². The number of nitrogens with one attached hydrogen (secondary N) is 1. The number of benzene rings is 1. The van der Waals surface area contributed by atoms with E-state index in [-0.39, 0.29) is 6.04 Å². The molecule has 116 valence electrons. The second kappa shape index (κ2) is 8.05. The highest BCUT2D eigenvalue weighted by molar-refractivity contribution is 5.83. The number of rotatable bonds is 9. The predicted molar refractivity (Wildman–Crippen MR) is 84.9 cm³/mol. The summed E-state index contributed by atoms with van der Waals surface area (Å²) in [5.74, 6) is 1.71. The second-order valence-electron chi connectivity index (χ2n) is 5.17. The molecule has 1 heterocycles. The van der Waals surface area contributed by atoms with E-state index in [0.29, 0.717) is 0 Å². The van der Waals surface area contributed by atoms with Gasteiger partial charge in [0.2, 0.25) is 0 Å². The van der Waals surface area contributed by atoms with Gasteiger partial charge in [-0.1, -0.05) is 19.1 Å². The van der Waals surface area contributed by atoms with Gasteiger partial charge in [-0.2, -0.15) is 0 Å². The molecule has 1 N–H and O–H groups in total. The zero-order chi connectivity index (χ0) is 15.1. The summed E-state index contributed by atoms with van der Waals surface area (Å²) in [5, 5.41) is 4.53. The number of fused-ring (bicyclic) bond motifs is 1. The molecule has 0 fully saturated rings. The standard InChI is InChI=1S/C17H25NO3/c1-4-10-20-11-6-9-18-13(2)16-12-14-7-5-8-15(19-3)17(14)21-16/h5,7-8,12-13,18H,4,6,9-11H2,1-3H3. The van der Waals surface area contributed by atoms with Gasteiger partial charge in [0.25, 0.3) is 0 Å². The number of furan rings is 1. The van der Waals surface area contributed by atoms with Gasteiger partial charge in [0.05, 0.1) is 13.2 Å². The Morgan fingerprint density at radius 1 is 1.29 bits per heavy atom. The fraction of sp³-hybridized carbons (Fsp3) is 0.529. The van der Waals surface area contributed by atoms with Gasteiger partial charge in [-0.25, -0.2) is 0 Å². The summed E-state index contributed by atoms with van der Waals surface area (Å²) < 4.78 is 16.7. The van der Waals surface area contributed by atoms with Gasteiger partial charge in [0, 0.05) is 18.6 Å². The Balaban J connectivity index is 1.89. The molecule has 0 saturated heterocycles. The third-order valence-electron chi connectivity index (χ3n) is 3.44. The zero-order valence-electron chi connectivity index (χ0n) is 13.1. The molecule has 4 heteroatoms. The quantitative estimate of drug-likeness (QED) is 0.711. The van der Waals surface area contributed by atoms with Crippen LogP contribution in [0.2, 0.25) is 0 Å². The molecule has 1 aromatic carbocycles. The van der Waals surface area contributed by atoms with Gasteiger partial charge >= 0.3 is 0 Å². The Morgan fingerprint density at radius 3 is 2.90 bits per heavy atom. The van der Waals surface area contributed by atoms with Crippen LogP contribution in [0.25, 0.3) is 11.0 Å². The minimum Gasteiger partial charge on any atom is -0.493 e. The third-order valence-corrected chi connectivity index (χ3v) is 3.44. The van der Waals surface area contributed by atoms with Crippen LogP contribution in [-0.4, -0.2) is 26.9 Å². The lowest BCUT2D eigenvalue weighted by molar-refractivity contribution is 0.131. The molecule has 0 aliphatic carbocycles. The van der Waals surface area contributed by atoms with Crippen LogP contribution in [0.5, 0.6) is 5.75 Å². The Hall–Kier alpha value is -1.52. The number of hydrogen-bond donors (Lipinski definition) is 1. The maximum absolute atomic E-state index is 5.93. The van der Waals surface area contributed by atoms with Crippen molar-refractivity contribution < 1.29 is 13.9 Å². The van der Waals surface area contributed by atoms with E-state index >= 15 is 0 Å². The van der Waals surface area contributed by atoms with Crippen LogP contribution in [0.4, 0.5) is 0 Å². The van der Waals surface area contributed by atoms with Crippen LogP contribution < -0.4 is 10.1 Å². The van der Waals surface area contributed by atoms with Gasteiger partial charge in [-0.05, 0) is 38.4 Å². The highest BCUT2D eigenvalue weighted by Gasteiger charge is 2.13.